The van der Waals surface area contributed by atoms with Crippen LogP contribution in [0.2, 0.25) is 0 Å². The molecule has 1 aromatic carbocycles. The number of ether oxygens (including phenoxy) is 6. The van der Waals surface area contributed by atoms with Crippen LogP contribution in [0.5, 0.6) is 11.5 Å². The fourth-order valence-electron chi connectivity index (χ4n) is 2.57. The normalized spacial score (nSPS) is 29.9. The van der Waals surface area contributed by atoms with Crippen LogP contribution in [0.3, 0.4) is 0 Å². The molecule has 4 aliphatic rings. The minimum atomic E-state index is 0.177. The van der Waals surface area contributed by atoms with Gasteiger partial charge in [0.15, 0.2) is 0 Å². The van der Waals surface area contributed by atoms with Crippen molar-refractivity contribution in [2.24, 2.45) is 0 Å². The lowest BCUT2D eigenvalue weighted by atomic mass is 10.2. The molecule has 0 aromatic heterocycles. The van der Waals surface area contributed by atoms with Gasteiger partial charge in [-0.2, -0.15) is 0 Å². The number of epoxide rings is 4. The fraction of sp³-hybridized carbons (Fsp3) is 0.667. The molecule has 2 N–H and O–H groups in total. The van der Waals surface area contributed by atoms with Gasteiger partial charge in [-0.1, -0.05) is 0 Å². The van der Waals surface area contributed by atoms with E-state index in [1.807, 2.05) is 23.3 Å². The third-order valence-electron chi connectivity index (χ3n) is 4.60. The molecular formula is C18H25N3O6. The van der Waals surface area contributed by atoms with Crippen molar-refractivity contribution in [2.75, 3.05) is 57.8 Å². The van der Waals surface area contributed by atoms with Crippen LogP contribution in [0, 0.1) is 0 Å². The number of hydrogen-bond donors (Lipinski definition) is 2. The van der Waals surface area contributed by atoms with Gasteiger partial charge in [0, 0.05) is 19.2 Å². The number of nitrogens with one attached hydrogen (secondary N) is 2. The first-order valence-electron chi connectivity index (χ1n) is 9.47. The van der Waals surface area contributed by atoms with E-state index in [9.17, 15) is 0 Å². The molecule has 9 nitrogen and oxygen atoms in total. The number of benzene rings is 1. The Morgan fingerprint density at radius 3 is 1.93 bits per heavy atom. The lowest BCUT2D eigenvalue weighted by molar-refractivity contribution is 0.252. The lowest BCUT2D eigenvalue weighted by Gasteiger charge is -2.28. The molecule has 5 rings (SSSR count). The summed E-state index contributed by atoms with van der Waals surface area (Å²) in [6, 6.07) is 5.83. The zero-order valence-electron chi connectivity index (χ0n) is 15.1. The summed E-state index contributed by atoms with van der Waals surface area (Å²) in [5, 5.41) is 1.89. The summed E-state index contributed by atoms with van der Waals surface area (Å²) in [4.78, 5) is 0. The largest absolute Gasteiger partial charge is 0.491 e. The van der Waals surface area contributed by atoms with Crippen LogP contribution < -0.4 is 25.4 Å². The van der Waals surface area contributed by atoms with Crippen LogP contribution >= 0.6 is 0 Å². The maximum absolute atomic E-state index is 6.03. The van der Waals surface area contributed by atoms with Crippen molar-refractivity contribution in [3.8, 4) is 11.5 Å². The molecule has 4 atom stereocenters. The Morgan fingerprint density at radius 1 is 0.815 bits per heavy atom. The highest BCUT2D eigenvalue weighted by molar-refractivity contribution is 5.60. The second kappa shape index (κ2) is 7.78. The van der Waals surface area contributed by atoms with Gasteiger partial charge in [0.2, 0.25) is 0 Å². The van der Waals surface area contributed by atoms with Gasteiger partial charge in [0.1, 0.15) is 42.6 Å². The summed E-state index contributed by atoms with van der Waals surface area (Å²) in [5.41, 5.74) is 7.63. The Balaban J connectivity index is 1.29. The second-order valence-electron chi connectivity index (χ2n) is 7.13. The zero-order valence-corrected chi connectivity index (χ0v) is 15.1. The summed E-state index contributed by atoms with van der Waals surface area (Å²) in [5.74, 6) is 1.49. The van der Waals surface area contributed by atoms with Gasteiger partial charge >= 0.3 is 0 Å². The quantitative estimate of drug-likeness (QED) is 0.358. The van der Waals surface area contributed by atoms with E-state index < -0.39 is 0 Å². The molecule has 0 aliphatic carbocycles. The monoisotopic (exact) mass is 379 g/mol. The van der Waals surface area contributed by atoms with Crippen LogP contribution in [0.1, 0.15) is 0 Å². The molecule has 0 spiro atoms. The minimum Gasteiger partial charge on any atom is -0.491 e. The minimum absolute atomic E-state index is 0.177. The zero-order chi connectivity index (χ0) is 18.1. The molecule has 4 heterocycles. The summed E-state index contributed by atoms with van der Waals surface area (Å²) in [6.45, 7) is 5.64. The van der Waals surface area contributed by atoms with Gasteiger partial charge in [-0.05, 0) is 12.1 Å². The van der Waals surface area contributed by atoms with Crippen molar-refractivity contribution in [2.45, 2.75) is 24.4 Å². The predicted octanol–water partition coefficient (Wildman–Crippen LogP) is -0.145. The molecule has 4 aliphatic heterocycles. The van der Waals surface area contributed by atoms with Crippen LogP contribution in [-0.2, 0) is 18.9 Å². The van der Waals surface area contributed by atoms with E-state index in [2.05, 4.69) is 10.9 Å². The number of nitrogens with zero attached hydrogens (tertiary/aromatic N) is 1. The molecule has 4 fully saturated rings. The maximum Gasteiger partial charge on any atom is 0.149 e. The van der Waals surface area contributed by atoms with Crippen LogP contribution in [0.25, 0.3) is 0 Å². The Morgan fingerprint density at radius 2 is 1.37 bits per heavy atom. The van der Waals surface area contributed by atoms with Crippen LogP contribution in [0.15, 0.2) is 18.2 Å². The van der Waals surface area contributed by atoms with Gasteiger partial charge in [-0.15, -0.1) is 0 Å². The number of hydrazine groups is 2. The smallest absolute Gasteiger partial charge is 0.149 e. The molecule has 1 aromatic rings. The maximum atomic E-state index is 6.03. The molecule has 4 saturated heterocycles. The Kier molecular flexibility index (Phi) is 5.04. The highest BCUT2D eigenvalue weighted by Gasteiger charge is 2.28. The Bertz CT molecular complexity index is 630. The Hall–Kier alpha value is -1.62. The standard InChI is InChI=1S/C18H25N3O6/c1-2-17(21(19-4-13-6-23-13)20-5-14-7-24-14)18(27-11-16-10-26-16)3-12(1)22-8-15-9-25-15/h1-3,13-16,19-20H,4-11H2. The van der Waals surface area contributed by atoms with E-state index >= 15 is 0 Å². The predicted molar refractivity (Wildman–Crippen MR) is 94.9 cm³/mol. The van der Waals surface area contributed by atoms with Crippen molar-refractivity contribution in [1.82, 2.24) is 10.9 Å². The molecule has 0 amide bonds. The van der Waals surface area contributed by atoms with E-state index in [0.29, 0.717) is 13.2 Å². The number of anilines is 1. The summed E-state index contributed by atoms with van der Waals surface area (Å²) >= 11 is 0. The molecule has 9 heteroatoms. The molecule has 0 bridgehead atoms. The van der Waals surface area contributed by atoms with Gasteiger partial charge in [-0.3, -0.25) is 0 Å². The van der Waals surface area contributed by atoms with Crippen LogP contribution in [-0.4, -0.2) is 77.1 Å². The van der Waals surface area contributed by atoms with E-state index in [4.69, 9.17) is 28.4 Å². The SMILES string of the molecule is c1cc(N(NCC2CO2)NCC2CO2)c(OCC2CO2)cc1OCC1CO1. The van der Waals surface area contributed by atoms with Crippen molar-refractivity contribution in [3.05, 3.63) is 18.2 Å². The van der Waals surface area contributed by atoms with E-state index in [1.165, 1.54) is 0 Å². The topological polar surface area (TPSA) is 95.9 Å². The second-order valence-corrected chi connectivity index (χ2v) is 7.13. The van der Waals surface area contributed by atoms with Crippen LogP contribution in [0.4, 0.5) is 5.69 Å². The van der Waals surface area contributed by atoms with Gasteiger partial charge < -0.3 is 28.4 Å². The van der Waals surface area contributed by atoms with E-state index in [-0.39, 0.29) is 24.4 Å². The van der Waals surface area contributed by atoms with Crippen molar-refractivity contribution in [1.29, 1.82) is 0 Å². The van der Waals surface area contributed by atoms with Gasteiger partial charge in [-0.25, -0.2) is 16.0 Å². The summed E-state index contributed by atoms with van der Waals surface area (Å²) in [7, 11) is 0. The van der Waals surface area contributed by atoms with Gasteiger partial charge in [0.05, 0.1) is 38.6 Å². The fourth-order valence-corrected chi connectivity index (χ4v) is 2.57. The molecule has 4 unspecified atom stereocenters. The number of hydrogen-bond acceptors (Lipinski definition) is 9. The van der Waals surface area contributed by atoms with E-state index in [0.717, 1.165) is 56.7 Å². The summed E-state index contributed by atoms with van der Waals surface area (Å²) < 4.78 is 32.9. The third kappa shape index (κ3) is 5.44. The lowest BCUT2D eigenvalue weighted by Crippen LogP contribution is -2.51. The first kappa shape index (κ1) is 17.5. The van der Waals surface area contributed by atoms with E-state index in [1.54, 1.807) is 0 Å². The Labute approximate surface area is 157 Å². The highest BCUT2D eigenvalue weighted by Crippen LogP contribution is 2.32. The molecule has 148 valence electrons. The number of rotatable bonds is 13. The van der Waals surface area contributed by atoms with Crippen molar-refractivity contribution < 1.29 is 28.4 Å². The third-order valence-corrected chi connectivity index (χ3v) is 4.60. The first-order valence-corrected chi connectivity index (χ1v) is 9.47. The molecular weight excluding hydrogens is 354 g/mol. The first-order chi connectivity index (χ1) is 13.3. The van der Waals surface area contributed by atoms with Crippen molar-refractivity contribution >= 4 is 5.69 Å². The van der Waals surface area contributed by atoms with Gasteiger partial charge in [0.25, 0.3) is 0 Å². The molecule has 0 saturated carbocycles. The average molecular weight is 379 g/mol. The average Bonchev–Trinajstić information content (AvgIpc) is 3.54. The van der Waals surface area contributed by atoms with Crippen molar-refractivity contribution in [3.63, 3.8) is 0 Å². The molecule has 27 heavy (non-hydrogen) atoms. The summed E-state index contributed by atoms with van der Waals surface area (Å²) in [6.07, 6.45) is 0.913. The highest BCUT2D eigenvalue weighted by atomic mass is 16.6. The molecule has 0 radical (unpaired) electrons.